The van der Waals surface area contributed by atoms with Crippen LogP contribution >= 0.6 is 0 Å². The van der Waals surface area contributed by atoms with E-state index < -0.39 is 6.16 Å². The first-order valence-electron chi connectivity index (χ1n) is 0.612. The molecule has 0 aromatic heterocycles. The summed E-state index contributed by atoms with van der Waals surface area (Å²) in [5.41, 5.74) is 0. The van der Waals surface area contributed by atoms with Crippen LogP contribution in [0.2, 0.25) is 0 Å². The second-order valence-corrected chi connectivity index (χ2v) is 0.250. The summed E-state index contributed by atoms with van der Waals surface area (Å²) >= 11 is 0. The summed E-state index contributed by atoms with van der Waals surface area (Å²) in [6, 6.07) is 0. The van der Waals surface area contributed by atoms with Gasteiger partial charge in [0, 0.05) is 0 Å². The molecule has 0 amide bonds. The molecular weight excluding hydrogens is 96.9 g/mol. The van der Waals surface area contributed by atoms with E-state index in [0.29, 0.717) is 0 Å². The van der Waals surface area contributed by atoms with Gasteiger partial charge >= 0.3 is 67.3 Å². The van der Waals surface area contributed by atoms with Gasteiger partial charge in [-0.05, 0) is 6.16 Å². The first kappa shape index (κ1) is 23.7. The number of hydrogen-bond acceptors (Lipinski definition) is 3. The maximum absolute atomic E-state index is 8.33. The Morgan fingerprint density at radius 3 is 1.29 bits per heavy atom. The fraction of sp³-hybridized carbons (Fsp3) is 0. The van der Waals surface area contributed by atoms with Crippen molar-refractivity contribution in [3.8, 4) is 0 Å². The van der Waals surface area contributed by atoms with Crippen LogP contribution in [0.1, 0.15) is 1.43 Å². The number of carbonyl (C=O) groups is 1. The van der Waals surface area contributed by atoms with Gasteiger partial charge in [-0.25, -0.2) is 0 Å². The van der Waals surface area contributed by atoms with Crippen LogP contribution in [0, 0.1) is 0 Å². The minimum atomic E-state index is -2.33. The molecule has 0 fully saturated rings. The maximum Gasteiger partial charge on any atom is 1.00 e. The van der Waals surface area contributed by atoms with Crippen LogP contribution in [-0.4, -0.2) is 6.16 Å². The van der Waals surface area contributed by atoms with E-state index in [1.54, 1.807) is 0 Å². The second-order valence-electron chi connectivity index (χ2n) is 0.250. The van der Waals surface area contributed by atoms with E-state index >= 15 is 0 Å². The van der Waals surface area contributed by atoms with Crippen molar-refractivity contribution >= 4 is 6.16 Å². The molecule has 0 aliphatic rings. The first-order chi connectivity index (χ1) is 1.73. The maximum atomic E-state index is 8.33. The van der Waals surface area contributed by atoms with Crippen LogP contribution in [0.3, 0.4) is 0 Å². The van der Waals surface area contributed by atoms with E-state index in [1.807, 2.05) is 0 Å². The van der Waals surface area contributed by atoms with Gasteiger partial charge in [-0.3, -0.25) is 0 Å². The van der Waals surface area contributed by atoms with E-state index in [2.05, 4.69) is 0 Å². The van der Waals surface area contributed by atoms with Crippen LogP contribution in [0.25, 0.3) is 0 Å². The summed E-state index contributed by atoms with van der Waals surface area (Å²) in [6.45, 7) is 0. The van der Waals surface area contributed by atoms with Gasteiger partial charge in [0.05, 0.1) is 0 Å². The molecule has 0 rings (SSSR count). The fourth-order valence-electron chi connectivity index (χ4n) is 0. The van der Waals surface area contributed by atoms with Crippen molar-refractivity contribution in [2.45, 2.75) is 0 Å². The summed E-state index contributed by atoms with van der Waals surface area (Å²) in [5.74, 6) is 0. The third kappa shape index (κ3) is 104. The monoisotopic (exact) mass is 98.0 g/mol. The fourth-order valence-corrected chi connectivity index (χ4v) is 0. The molecule has 0 N–H and O–H groups in total. The predicted molar refractivity (Wildman–Crippen MR) is 6.51 cm³/mol. The van der Waals surface area contributed by atoms with E-state index in [-0.39, 0.29) is 68.7 Å². The molecule has 0 heterocycles. The van der Waals surface area contributed by atoms with Crippen molar-refractivity contribution in [1.29, 1.82) is 0 Å². The number of rotatable bonds is 0. The molecule has 7 heavy (non-hydrogen) atoms. The molecule has 0 radical (unpaired) electrons. The summed E-state index contributed by atoms with van der Waals surface area (Å²) < 4.78 is 0. The Balaban J connectivity index is -0.00000000750. The zero-order valence-electron chi connectivity index (χ0n) is 5.72. The van der Waals surface area contributed by atoms with E-state index in [1.165, 1.54) is 0 Å². The van der Waals surface area contributed by atoms with Gasteiger partial charge in [0.1, 0.15) is 0 Å². The Morgan fingerprint density at radius 1 is 1.29 bits per heavy atom. The normalized spacial score (nSPS) is 3.43. The topological polar surface area (TPSA) is 63.2 Å². The van der Waals surface area contributed by atoms with Crippen LogP contribution in [0.15, 0.2) is 0 Å². The van der Waals surface area contributed by atoms with Crippen molar-refractivity contribution in [2.24, 2.45) is 0 Å². The summed E-state index contributed by atoms with van der Waals surface area (Å²) in [5, 5.41) is 16.7. The van der Waals surface area contributed by atoms with Crippen molar-refractivity contribution in [1.82, 2.24) is 0 Å². The Kier molecular flexibility index (Phi) is 52.9. The average molecular weight is 97.9 g/mol. The van der Waals surface area contributed by atoms with E-state index in [0.717, 1.165) is 0 Å². The van der Waals surface area contributed by atoms with Gasteiger partial charge in [0.15, 0.2) is 0 Å². The van der Waals surface area contributed by atoms with Gasteiger partial charge in [-0.1, -0.05) is 0 Å². The molecule has 0 aromatic rings. The van der Waals surface area contributed by atoms with E-state index in [9.17, 15) is 0 Å². The van der Waals surface area contributed by atoms with Crippen molar-refractivity contribution in [2.75, 3.05) is 0 Å². The molecule has 0 aliphatic heterocycles. The molecule has 0 aliphatic carbocycles. The predicted octanol–water partition coefficient (Wildman–Crippen LogP) is -11.3. The smallest absolute Gasteiger partial charge is 1.00 e. The summed E-state index contributed by atoms with van der Waals surface area (Å²) in [6.07, 6.45) is -2.33. The zero-order chi connectivity index (χ0) is 3.58. The van der Waals surface area contributed by atoms with Gasteiger partial charge in [0.2, 0.25) is 0 Å². The van der Waals surface area contributed by atoms with Crippen LogP contribution < -0.4 is 77.5 Å². The molecule has 26 valence electrons. The number of carbonyl (C=O) groups excluding carboxylic acids is 1. The number of carboxylic acid groups (broad SMARTS) is 2. The molecule has 0 unspecified atom stereocenters. The molecule has 0 saturated heterocycles. The molecule has 0 saturated carbocycles. The van der Waals surface area contributed by atoms with E-state index in [4.69, 9.17) is 15.0 Å². The minimum Gasteiger partial charge on any atom is -1.00 e. The molecule has 0 spiro atoms. The molecule has 0 atom stereocenters. The third-order valence-electron chi connectivity index (χ3n) is 0. The standard InChI is InChI=1S/CH2O3.2Li.Na.H/c2-1(3)4;;;;/h(H2,2,3,4);;;;/q;3*+1;-1/p-2. The van der Waals surface area contributed by atoms with Crippen molar-refractivity contribution in [3.05, 3.63) is 0 Å². The Labute approximate surface area is 89.0 Å². The Bertz CT molecular complexity index is 40.3. The van der Waals surface area contributed by atoms with Gasteiger partial charge < -0.3 is 16.4 Å². The number of hydrogen-bond donors (Lipinski definition) is 0. The SMILES string of the molecule is O=C([O-])[O-].[H-].[Li+].[Li+].[Na+]. The quantitative estimate of drug-likeness (QED) is 0.282. The summed E-state index contributed by atoms with van der Waals surface area (Å²) in [4.78, 5) is 8.33. The van der Waals surface area contributed by atoms with Crippen molar-refractivity contribution in [3.63, 3.8) is 0 Å². The summed E-state index contributed by atoms with van der Waals surface area (Å²) in [7, 11) is 0. The third-order valence-corrected chi connectivity index (χ3v) is 0. The van der Waals surface area contributed by atoms with Gasteiger partial charge in [0.25, 0.3) is 0 Å². The van der Waals surface area contributed by atoms with Gasteiger partial charge in [-0.2, -0.15) is 0 Å². The average Bonchev–Trinajstić information content (AvgIpc) is 0.811. The molecule has 0 aromatic carbocycles. The first-order valence-corrected chi connectivity index (χ1v) is 0.612. The van der Waals surface area contributed by atoms with Crippen LogP contribution in [-0.2, 0) is 0 Å². The Morgan fingerprint density at radius 2 is 1.29 bits per heavy atom. The second kappa shape index (κ2) is 15.7. The van der Waals surface area contributed by atoms with Crippen LogP contribution in [0.4, 0.5) is 4.79 Å². The largest absolute Gasteiger partial charge is 1.00 e. The van der Waals surface area contributed by atoms with Crippen molar-refractivity contribution < 1.29 is 83.7 Å². The van der Waals surface area contributed by atoms with Crippen LogP contribution in [0.5, 0.6) is 0 Å². The van der Waals surface area contributed by atoms with Gasteiger partial charge in [-0.15, -0.1) is 0 Å². The zero-order valence-corrected chi connectivity index (χ0v) is 6.72. The molecule has 0 bridgehead atoms. The molecule has 3 nitrogen and oxygen atoms in total. The molecular formula is CHLi2NaO3. The molecule has 6 heteroatoms. The minimum absolute atomic E-state index is 0. The Hall–Kier alpha value is 1.46.